The number of alkyl carbamates (subject to hydrolysis) is 1. The van der Waals surface area contributed by atoms with Crippen LogP contribution in [0.15, 0.2) is 0 Å². The molecule has 0 aromatic heterocycles. The van der Waals surface area contributed by atoms with E-state index < -0.39 is 28.5 Å². The van der Waals surface area contributed by atoms with Crippen LogP contribution >= 0.6 is 11.8 Å². The molecule has 0 spiro atoms. The van der Waals surface area contributed by atoms with Gasteiger partial charge in [-0.15, -0.1) is 0 Å². The third kappa shape index (κ3) is 5.81. The molecular formula is C11H21NO4S. The highest BCUT2D eigenvalue weighted by Crippen LogP contribution is 2.26. The zero-order valence-corrected chi connectivity index (χ0v) is 12.0. The molecular weight excluding hydrogens is 242 g/mol. The van der Waals surface area contributed by atoms with Gasteiger partial charge < -0.3 is 15.2 Å². The number of carbonyl (C=O) groups is 2. The molecule has 0 heterocycles. The van der Waals surface area contributed by atoms with E-state index in [1.54, 1.807) is 40.9 Å². The Morgan fingerprint density at radius 1 is 1.24 bits per heavy atom. The maximum Gasteiger partial charge on any atom is 0.408 e. The van der Waals surface area contributed by atoms with E-state index in [9.17, 15) is 9.59 Å². The first-order valence-corrected chi connectivity index (χ1v) is 6.49. The molecule has 0 aromatic rings. The molecule has 0 rings (SSSR count). The van der Waals surface area contributed by atoms with Gasteiger partial charge in [-0.3, -0.25) is 0 Å². The third-order valence-corrected chi connectivity index (χ3v) is 3.42. The molecule has 0 bridgehead atoms. The minimum atomic E-state index is -1.07. The number of carboxylic acid groups (broad SMARTS) is 1. The summed E-state index contributed by atoms with van der Waals surface area (Å²) in [6.07, 6.45) is 1.08. The maximum absolute atomic E-state index is 11.5. The summed E-state index contributed by atoms with van der Waals surface area (Å²) in [6, 6.07) is -0.993. The van der Waals surface area contributed by atoms with Crippen molar-refractivity contribution >= 4 is 23.8 Å². The van der Waals surface area contributed by atoms with Crippen molar-refractivity contribution in [2.24, 2.45) is 0 Å². The summed E-state index contributed by atoms with van der Waals surface area (Å²) >= 11 is 1.37. The lowest BCUT2D eigenvalue weighted by molar-refractivity contribution is -0.140. The lowest BCUT2D eigenvalue weighted by Crippen LogP contribution is -2.53. The van der Waals surface area contributed by atoms with Crippen molar-refractivity contribution in [1.82, 2.24) is 5.32 Å². The zero-order chi connectivity index (χ0) is 13.9. The van der Waals surface area contributed by atoms with Crippen molar-refractivity contribution in [3.05, 3.63) is 0 Å². The number of amides is 1. The van der Waals surface area contributed by atoms with E-state index in [2.05, 4.69) is 5.32 Å². The second kappa shape index (κ2) is 5.62. The Bertz CT molecular complexity index is 296. The lowest BCUT2D eigenvalue weighted by atomic mass is 10.0. The molecule has 0 aliphatic rings. The fourth-order valence-corrected chi connectivity index (χ4v) is 1.47. The molecule has 1 atom stereocenters. The van der Waals surface area contributed by atoms with Gasteiger partial charge in [-0.2, -0.15) is 11.8 Å². The van der Waals surface area contributed by atoms with E-state index in [4.69, 9.17) is 9.84 Å². The van der Waals surface area contributed by atoms with Crippen LogP contribution in [0.3, 0.4) is 0 Å². The van der Waals surface area contributed by atoms with Gasteiger partial charge in [0.15, 0.2) is 0 Å². The SMILES string of the molecule is CSC(C)(C)C(NC(=O)OC(C)(C)C)C(=O)O. The van der Waals surface area contributed by atoms with E-state index in [1.807, 2.05) is 0 Å². The molecule has 0 saturated heterocycles. The molecule has 0 saturated carbocycles. The summed E-state index contributed by atoms with van der Waals surface area (Å²) in [5.41, 5.74) is -0.642. The van der Waals surface area contributed by atoms with Crippen LogP contribution in [0.5, 0.6) is 0 Å². The summed E-state index contributed by atoms with van der Waals surface area (Å²) in [4.78, 5) is 22.7. The minimum absolute atomic E-state index is 0.608. The number of hydrogen-bond donors (Lipinski definition) is 2. The van der Waals surface area contributed by atoms with Crippen molar-refractivity contribution < 1.29 is 19.4 Å². The van der Waals surface area contributed by atoms with Gasteiger partial charge in [0, 0.05) is 4.75 Å². The number of carbonyl (C=O) groups excluding carboxylic acids is 1. The molecule has 6 heteroatoms. The predicted octanol–water partition coefficient (Wildman–Crippen LogP) is 2.11. The monoisotopic (exact) mass is 263 g/mol. The number of aliphatic carboxylic acids is 1. The number of rotatable bonds is 4. The first kappa shape index (κ1) is 16.1. The normalized spacial score (nSPS) is 14.0. The molecule has 0 aliphatic carbocycles. The van der Waals surface area contributed by atoms with Crippen LogP contribution in [-0.2, 0) is 9.53 Å². The van der Waals surface area contributed by atoms with Crippen molar-refractivity contribution in [1.29, 1.82) is 0 Å². The quantitative estimate of drug-likeness (QED) is 0.812. The van der Waals surface area contributed by atoms with Crippen LogP contribution in [0.4, 0.5) is 4.79 Å². The van der Waals surface area contributed by atoms with Crippen LogP contribution in [0, 0.1) is 0 Å². The second-order valence-corrected chi connectivity index (χ2v) is 6.69. The fraction of sp³-hybridized carbons (Fsp3) is 0.818. The number of nitrogens with one attached hydrogen (secondary N) is 1. The van der Waals surface area contributed by atoms with Crippen LogP contribution < -0.4 is 5.32 Å². The molecule has 0 aromatic carbocycles. The Balaban J connectivity index is 4.69. The molecule has 0 aliphatic heterocycles. The van der Waals surface area contributed by atoms with Crippen LogP contribution in [0.2, 0.25) is 0 Å². The number of carboxylic acids is 1. The van der Waals surface area contributed by atoms with Gasteiger partial charge in [0.25, 0.3) is 0 Å². The van der Waals surface area contributed by atoms with Gasteiger partial charge in [0.05, 0.1) is 0 Å². The average Bonchev–Trinajstić information content (AvgIpc) is 2.10. The summed E-state index contributed by atoms with van der Waals surface area (Å²) in [6.45, 7) is 8.69. The van der Waals surface area contributed by atoms with Crippen molar-refractivity contribution in [2.45, 2.75) is 51.0 Å². The van der Waals surface area contributed by atoms with Crippen molar-refractivity contribution in [2.75, 3.05) is 6.26 Å². The molecule has 2 N–H and O–H groups in total. The smallest absolute Gasteiger partial charge is 0.408 e. The first-order chi connectivity index (χ1) is 7.49. The fourth-order valence-electron chi connectivity index (χ4n) is 1.08. The highest BCUT2D eigenvalue weighted by molar-refractivity contribution is 8.00. The molecule has 17 heavy (non-hydrogen) atoms. The van der Waals surface area contributed by atoms with E-state index >= 15 is 0 Å². The summed E-state index contributed by atoms with van der Waals surface area (Å²) in [5.74, 6) is -1.07. The Morgan fingerprint density at radius 2 is 1.71 bits per heavy atom. The van der Waals surface area contributed by atoms with Crippen LogP contribution in [0.25, 0.3) is 0 Å². The summed E-state index contributed by atoms with van der Waals surface area (Å²) < 4.78 is 4.43. The van der Waals surface area contributed by atoms with Gasteiger partial charge in [-0.25, -0.2) is 9.59 Å². The third-order valence-electron chi connectivity index (χ3n) is 2.13. The van der Waals surface area contributed by atoms with Crippen molar-refractivity contribution in [3.8, 4) is 0 Å². The zero-order valence-electron chi connectivity index (χ0n) is 11.2. The maximum atomic E-state index is 11.5. The minimum Gasteiger partial charge on any atom is -0.480 e. The van der Waals surface area contributed by atoms with Gasteiger partial charge in [0.2, 0.25) is 0 Å². The highest BCUT2D eigenvalue weighted by Gasteiger charge is 2.37. The number of ether oxygens (including phenoxy) is 1. The Hall–Kier alpha value is -0.910. The Morgan fingerprint density at radius 3 is 2.00 bits per heavy atom. The Kier molecular flexibility index (Phi) is 5.32. The largest absolute Gasteiger partial charge is 0.480 e. The number of thioether (sulfide) groups is 1. The second-order valence-electron chi connectivity index (χ2n) is 5.23. The van der Waals surface area contributed by atoms with E-state index in [0.29, 0.717) is 0 Å². The average molecular weight is 263 g/mol. The molecule has 1 unspecified atom stereocenters. The molecule has 100 valence electrons. The van der Waals surface area contributed by atoms with Gasteiger partial charge in [-0.05, 0) is 40.9 Å². The lowest BCUT2D eigenvalue weighted by Gasteiger charge is -2.31. The van der Waals surface area contributed by atoms with E-state index in [1.165, 1.54) is 11.8 Å². The number of hydrogen-bond acceptors (Lipinski definition) is 4. The summed E-state index contributed by atoms with van der Waals surface area (Å²) in [5, 5.41) is 11.5. The Labute approximate surface area is 106 Å². The first-order valence-electron chi connectivity index (χ1n) is 5.27. The summed E-state index contributed by atoms with van der Waals surface area (Å²) in [7, 11) is 0. The standard InChI is InChI=1S/C11H21NO4S/c1-10(2,3)16-9(15)12-7(8(13)14)11(4,5)17-6/h7H,1-6H3,(H,12,15)(H,13,14). The highest BCUT2D eigenvalue weighted by atomic mass is 32.2. The van der Waals surface area contributed by atoms with E-state index in [-0.39, 0.29) is 0 Å². The molecule has 0 radical (unpaired) electrons. The molecule has 1 amide bonds. The van der Waals surface area contributed by atoms with Crippen LogP contribution in [-0.4, -0.2) is 39.8 Å². The predicted molar refractivity (Wildman–Crippen MR) is 68.4 cm³/mol. The van der Waals surface area contributed by atoms with Crippen molar-refractivity contribution in [3.63, 3.8) is 0 Å². The van der Waals surface area contributed by atoms with Crippen LogP contribution in [0.1, 0.15) is 34.6 Å². The topological polar surface area (TPSA) is 75.6 Å². The molecule has 5 nitrogen and oxygen atoms in total. The molecule has 0 fully saturated rings. The van der Waals surface area contributed by atoms with Gasteiger partial charge >= 0.3 is 12.1 Å². The van der Waals surface area contributed by atoms with Gasteiger partial charge in [0.1, 0.15) is 11.6 Å². The van der Waals surface area contributed by atoms with Gasteiger partial charge in [-0.1, -0.05) is 0 Å². The van der Waals surface area contributed by atoms with E-state index in [0.717, 1.165) is 0 Å².